The average Bonchev–Trinajstić information content (AvgIpc) is 3.26. The molecule has 160 valence electrons. The number of carbonyl (C=O) groups excluding carboxylic acids is 1. The predicted octanol–water partition coefficient (Wildman–Crippen LogP) is 5.02. The van der Waals surface area contributed by atoms with Gasteiger partial charge in [0, 0.05) is 41.1 Å². The maximum atomic E-state index is 12.5. The van der Waals surface area contributed by atoms with E-state index in [2.05, 4.69) is 9.84 Å². The number of alkyl halides is 3. The average molecular weight is 429 g/mol. The van der Waals surface area contributed by atoms with E-state index in [-0.39, 0.29) is 5.75 Å². The Morgan fingerprint density at radius 3 is 2.35 bits per heavy atom. The van der Waals surface area contributed by atoms with Gasteiger partial charge in [-0.1, -0.05) is 0 Å². The van der Waals surface area contributed by atoms with Crippen LogP contribution in [0.3, 0.4) is 0 Å². The summed E-state index contributed by atoms with van der Waals surface area (Å²) in [4.78, 5) is 12.1. The second kappa shape index (κ2) is 7.50. The summed E-state index contributed by atoms with van der Waals surface area (Å²) in [6, 6.07) is 10.7. The molecule has 0 aliphatic rings. The van der Waals surface area contributed by atoms with Gasteiger partial charge in [-0.3, -0.25) is 4.68 Å². The van der Waals surface area contributed by atoms with Gasteiger partial charge in [-0.05, 0) is 49.4 Å². The number of benzene rings is 2. The molecular weight excluding hydrogens is 411 g/mol. The lowest BCUT2D eigenvalue weighted by Crippen LogP contribution is -2.17. The van der Waals surface area contributed by atoms with Crippen molar-refractivity contribution in [3.63, 3.8) is 0 Å². The minimum atomic E-state index is -4.75. The lowest BCUT2D eigenvalue weighted by Gasteiger charge is -2.10. The molecule has 0 aliphatic heterocycles. The minimum Gasteiger partial charge on any atom is -0.465 e. The van der Waals surface area contributed by atoms with E-state index in [0.717, 1.165) is 27.7 Å². The van der Waals surface area contributed by atoms with E-state index in [1.807, 2.05) is 24.7 Å². The highest BCUT2D eigenvalue weighted by molar-refractivity contribution is 6.02. The third kappa shape index (κ3) is 3.86. The van der Waals surface area contributed by atoms with Gasteiger partial charge in [-0.15, -0.1) is 13.2 Å². The fourth-order valence-electron chi connectivity index (χ4n) is 3.47. The molecule has 0 aliphatic carbocycles. The molecule has 0 N–H and O–H groups in total. The second-order valence-electron chi connectivity index (χ2n) is 6.95. The quantitative estimate of drug-likeness (QED) is 0.427. The first-order valence-corrected chi connectivity index (χ1v) is 9.26. The monoisotopic (exact) mass is 429 g/mol. The summed E-state index contributed by atoms with van der Waals surface area (Å²) in [5, 5.41) is 5.08. The second-order valence-corrected chi connectivity index (χ2v) is 6.95. The van der Waals surface area contributed by atoms with Crippen LogP contribution < -0.4 is 4.74 Å². The maximum Gasteiger partial charge on any atom is 0.573 e. The summed E-state index contributed by atoms with van der Waals surface area (Å²) in [6.45, 7) is 1.93. The van der Waals surface area contributed by atoms with E-state index in [1.54, 1.807) is 29.1 Å². The zero-order valence-electron chi connectivity index (χ0n) is 16.9. The molecule has 2 aromatic heterocycles. The minimum absolute atomic E-state index is 0.302. The lowest BCUT2D eigenvalue weighted by atomic mass is 10.0. The lowest BCUT2D eigenvalue weighted by molar-refractivity contribution is -0.274. The summed E-state index contributed by atoms with van der Waals surface area (Å²) in [5.41, 5.74) is 4.45. The highest BCUT2D eigenvalue weighted by atomic mass is 19.4. The van der Waals surface area contributed by atoms with Gasteiger partial charge in [0.2, 0.25) is 0 Å². The number of carbonyl (C=O) groups is 1. The van der Waals surface area contributed by atoms with Gasteiger partial charge in [0.1, 0.15) is 5.75 Å². The van der Waals surface area contributed by atoms with Crippen molar-refractivity contribution < 1.29 is 27.4 Å². The molecule has 31 heavy (non-hydrogen) atoms. The van der Waals surface area contributed by atoms with Crippen LogP contribution in [0.25, 0.3) is 27.7 Å². The Labute approximate surface area is 175 Å². The largest absolute Gasteiger partial charge is 0.573 e. The number of halogens is 3. The van der Waals surface area contributed by atoms with Crippen LogP contribution in [0.1, 0.15) is 16.1 Å². The normalized spacial score (nSPS) is 11.7. The number of aryl methyl sites for hydroxylation is 1. The van der Waals surface area contributed by atoms with Crippen molar-refractivity contribution in [1.82, 2.24) is 14.3 Å². The first-order valence-electron chi connectivity index (χ1n) is 9.26. The van der Waals surface area contributed by atoms with Gasteiger partial charge in [-0.25, -0.2) is 4.79 Å². The number of rotatable bonds is 4. The highest BCUT2D eigenvalue weighted by Gasteiger charge is 2.31. The topological polar surface area (TPSA) is 58.3 Å². The first-order chi connectivity index (χ1) is 14.7. The molecule has 2 aromatic carbocycles. The van der Waals surface area contributed by atoms with Crippen LogP contribution in [0, 0.1) is 6.92 Å². The molecule has 9 heteroatoms. The summed E-state index contributed by atoms with van der Waals surface area (Å²) < 4.78 is 49.8. The van der Waals surface area contributed by atoms with Gasteiger partial charge in [-0.2, -0.15) is 5.10 Å². The van der Waals surface area contributed by atoms with E-state index in [0.29, 0.717) is 11.3 Å². The standard InChI is InChI=1S/C22H18F3N3O3/c1-13-18(11-26-27(13)2)19-12-28(15-5-7-16(8-6-15)31-22(23,24)25)20-9-4-14(10-17(19)20)21(29)30-3/h4-12H,1-3H3. The number of hydrogen-bond acceptors (Lipinski definition) is 4. The number of fused-ring (bicyclic) bond motifs is 1. The third-order valence-corrected chi connectivity index (χ3v) is 5.10. The number of methoxy groups -OCH3 is 1. The predicted molar refractivity (Wildman–Crippen MR) is 108 cm³/mol. The van der Waals surface area contributed by atoms with E-state index in [4.69, 9.17) is 4.74 Å². The molecule has 0 radical (unpaired) electrons. The van der Waals surface area contributed by atoms with Crippen molar-refractivity contribution in [2.24, 2.45) is 7.05 Å². The van der Waals surface area contributed by atoms with Crippen molar-refractivity contribution in [2.45, 2.75) is 13.3 Å². The molecule has 0 atom stereocenters. The molecule has 0 saturated heterocycles. The number of ether oxygens (including phenoxy) is 2. The van der Waals surface area contributed by atoms with Crippen LogP contribution in [0.5, 0.6) is 5.75 Å². The van der Waals surface area contributed by atoms with E-state index >= 15 is 0 Å². The number of hydrogen-bond donors (Lipinski definition) is 0. The molecule has 2 heterocycles. The number of aromatic nitrogens is 3. The Bertz CT molecular complexity index is 1270. The van der Waals surface area contributed by atoms with Crippen LogP contribution in [-0.2, 0) is 11.8 Å². The Morgan fingerprint density at radius 1 is 1.06 bits per heavy atom. The molecule has 6 nitrogen and oxygen atoms in total. The molecule has 0 saturated carbocycles. The van der Waals surface area contributed by atoms with Gasteiger partial charge < -0.3 is 14.0 Å². The zero-order valence-corrected chi connectivity index (χ0v) is 16.9. The molecule has 0 amide bonds. The summed E-state index contributed by atoms with van der Waals surface area (Å²) in [5.74, 6) is -0.763. The van der Waals surface area contributed by atoms with Crippen LogP contribution in [0.2, 0.25) is 0 Å². The van der Waals surface area contributed by atoms with E-state index in [9.17, 15) is 18.0 Å². The van der Waals surface area contributed by atoms with Crippen LogP contribution in [0.4, 0.5) is 13.2 Å². The summed E-state index contributed by atoms with van der Waals surface area (Å²) in [7, 11) is 3.14. The number of nitrogens with zero attached hydrogens (tertiary/aromatic N) is 3. The summed E-state index contributed by atoms with van der Waals surface area (Å²) in [6.07, 6.45) is -1.15. The van der Waals surface area contributed by atoms with Crippen LogP contribution in [-0.4, -0.2) is 33.8 Å². The van der Waals surface area contributed by atoms with Crippen LogP contribution >= 0.6 is 0 Å². The number of esters is 1. The Hall–Kier alpha value is -3.75. The molecule has 4 rings (SSSR count). The summed E-state index contributed by atoms with van der Waals surface area (Å²) >= 11 is 0. The molecular formula is C22H18F3N3O3. The van der Waals surface area contributed by atoms with Gasteiger partial charge in [0.05, 0.1) is 24.4 Å². The highest BCUT2D eigenvalue weighted by Crippen LogP contribution is 2.35. The van der Waals surface area contributed by atoms with E-state index in [1.165, 1.54) is 31.4 Å². The van der Waals surface area contributed by atoms with Crippen molar-refractivity contribution >= 4 is 16.9 Å². The molecule has 0 unspecified atom stereocenters. The SMILES string of the molecule is COC(=O)c1ccc2c(c1)c(-c1cnn(C)c1C)cn2-c1ccc(OC(F)(F)F)cc1. The molecule has 4 aromatic rings. The van der Waals surface area contributed by atoms with Gasteiger partial charge >= 0.3 is 12.3 Å². The van der Waals surface area contributed by atoms with Crippen LogP contribution in [0.15, 0.2) is 54.9 Å². The first kappa shape index (κ1) is 20.5. The van der Waals surface area contributed by atoms with Crippen molar-refractivity contribution in [3.05, 3.63) is 66.1 Å². The molecule has 0 fully saturated rings. The smallest absolute Gasteiger partial charge is 0.465 e. The fraction of sp³-hybridized carbons (Fsp3) is 0.182. The van der Waals surface area contributed by atoms with Crippen molar-refractivity contribution in [1.29, 1.82) is 0 Å². The van der Waals surface area contributed by atoms with Gasteiger partial charge in [0.15, 0.2) is 0 Å². The fourth-order valence-corrected chi connectivity index (χ4v) is 3.47. The Kier molecular flexibility index (Phi) is 4.96. The Morgan fingerprint density at radius 2 is 1.77 bits per heavy atom. The van der Waals surface area contributed by atoms with Gasteiger partial charge in [0.25, 0.3) is 0 Å². The van der Waals surface area contributed by atoms with Crippen molar-refractivity contribution in [3.8, 4) is 22.6 Å². The zero-order chi connectivity index (χ0) is 22.3. The molecule has 0 bridgehead atoms. The van der Waals surface area contributed by atoms with Crippen molar-refractivity contribution in [2.75, 3.05) is 7.11 Å². The Balaban J connectivity index is 1.88. The third-order valence-electron chi connectivity index (χ3n) is 5.10. The molecule has 0 spiro atoms. The maximum absolute atomic E-state index is 12.5. The van der Waals surface area contributed by atoms with E-state index < -0.39 is 12.3 Å².